The molecule has 0 spiro atoms. The fourth-order valence-corrected chi connectivity index (χ4v) is 2.95. The molecule has 0 unspecified atom stereocenters. The zero-order chi connectivity index (χ0) is 16.2. The van der Waals surface area contributed by atoms with Gasteiger partial charge in [-0.3, -0.25) is 4.90 Å². The molecule has 3 rings (SSSR count). The zero-order valence-electron chi connectivity index (χ0n) is 13.1. The third-order valence-electron chi connectivity index (χ3n) is 3.81. The van der Waals surface area contributed by atoms with E-state index in [1.807, 2.05) is 24.3 Å². The molecule has 0 amide bonds. The number of halogens is 1. The van der Waals surface area contributed by atoms with Crippen LogP contribution >= 0.6 is 15.9 Å². The van der Waals surface area contributed by atoms with Crippen LogP contribution in [0.15, 0.2) is 28.7 Å². The Morgan fingerprint density at radius 2 is 1.96 bits per heavy atom. The second kappa shape index (κ2) is 7.18. The highest BCUT2D eigenvalue weighted by Gasteiger charge is 2.21. The maximum atomic E-state index is 5.96. The maximum Gasteiger partial charge on any atom is 0.246 e. The number of H-pyrrole nitrogens is 1. The second-order valence-corrected chi connectivity index (χ2v) is 6.61. The number of aromatic nitrogens is 3. The Hall–Kier alpha value is -1.80. The van der Waals surface area contributed by atoms with E-state index in [0.29, 0.717) is 11.9 Å². The molecular formula is C15H21BrN6O. The number of ether oxygens (including phenoxy) is 1. The first kappa shape index (κ1) is 16.1. The van der Waals surface area contributed by atoms with Gasteiger partial charge in [0.05, 0.1) is 0 Å². The van der Waals surface area contributed by atoms with Gasteiger partial charge in [0.1, 0.15) is 11.9 Å². The molecule has 1 saturated heterocycles. The van der Waals surface area contributed by atoms with Crippen molar-refractivity contribution in [1.82, 2.24) is 20.1 Å². The molecule has 1 aromatic carbocycles. The molecule has 124 valence electrons. The summed E-state index contributed by atoms with van der Waals surface area (Å²) in [5, 5.41) is 6.78. The number of nitrogen functional groups attached to an aromatic ring is 1. The first-order chi connectivity index (χ1) is 11.1. The van der Waals surface area contributed by atoms with E-state index < -0.39 is 0 Å². The molecule has 0 saturated carbocycles. The molecule has 2 aromatic rings. The fraction of sp³-hybridized carbons (Fsp3) is 0.467. The molecule has 2 heterocycles. The minimum absolute atomic E-state index is 0.141. The van der Waals surface area contributed by atoms with E-state index in [0.717, 1.165) is 42.9 Å². The molecule has 0 aliphatic carbocycles. The Kier molecular flexibility index (Phi) is 5.02. The van der Waals surface area contributed by atoms with Crippen LogP contribution in [0.25, 0.3) is 0 Å². The highest BCUT2D eigenvalue weighted by molar-refractivity contribution is 9.10. The van der Waals surface area contributed by atoms with E-state index in [-0.39, 0.29) is 6.10 Å². The number of hydrogen-bond donors (Lipinski definition) is 2. The number of nitrogens with two attached hydrogens (primary N) is 1. The van der Waals surface area contributed by atoms with Crippen LogP contribution in [0.4, 0.5) is 11.9 Å². The number of nitrogens with zero attached hydrogens (tertiary/aromatic N) is 4. The Morgan fingerprint density at radius 3 is 2.57 bits per heavy atom. The number of aromatic amines is 1. The summed E-state index contributed by atoms with van der Waals surface area (Å²) in [6, 6.07) is 7.94. The monoisotopic (exact) mass is 380 g/mol. The van der Waals surface area contributed by atoms with Crippen LogP contribution in [0.1, 0.15) is 6.92 Å². The first-order valence-electron chi connectivity index (χ1n) is 7.67. The van der Waals surface area contributed by atoms with Gasteiger partial charge in [-0.1, -0.05) is 15.9 Å². The van der Waals surface area contributed by atoms with Crippen LogP contribution in [0.2, 0.25) is 0 Å². The van der Waals surface area contributed by atoms with Crippen molar-refractivity contribution in [2.75, 3.05) is 43.4 Å². The predicted octanol–water partition coefficient (Wildman–Crippen LogP) is 1.74. The largest absolute Gasteiger partial charge is 0.489 e. The average Bonchev–Trinajstić information content (AvgIpc) is 2.97. The van der Waals surface area contributed by atoms with Gasteiger partial charge in [0.15, 0.2) is 0 Å². The summed E-state index contributed by atoms with van der Waals surface area (Å²) in [5.74, 6) is 1.94. The van der Waals surface area contributed by atoms with Gasteiger partial charge < -0.3 is 15.4 Å². The van der Waals surface area contributed by atoms with Gasteiger partial charge in [0.25, 0.3) is 0 Å². The van der Waals surface area contributed by atoms with Crippen LogP contribution in [0, 0.1) is 0 Å². The number of hydrogen-bond acceptors (Lipinski definition) is 6. The Labute approximate surface area is 143 Å². The molecule has 1 aromatic heterocycles. The number of piperazine rings is 1. The molecule has 1 atom stereocenters. The van der Waals surface area contributed by atoms with Gasteiger partial charge >= 0.3 is 0 Å². The summed E-state index contributed by atoms with van der Waals surface area (Å²) in [4.78, 5) is 8.71. The van der Waals surface area contributed by atoms with Crippen molar-refractivity contribution >= 4 is 27.8 Å². The standard InChI is InChI=1S/C15H21BrN6O/c1-11(23-13-4-2-12(16)3-5-13)10-21-6-8-22(9-7-21)15-18-14(17)19-20-15/h2-5,11H,6-10H2,1H3,(H3,17,18,19,20)/t11-/m0/s1. The Morgan fingerprint density at radius 1 is 1.26 bits per heavy atom. The van der Waals surface area contributed by atoms with Crippen LogP contribution in [-0.2, 0) is 0 Å². The van der Waals surface area contributed by atoms with E-state index >= 15 is 0 Å². The number of nitrogens with one attached hydrogen (secondary N) is 1. The molecule has 0 bridgehead atoms. The summed E-state index contributed by atoms with van der Waals surface area (Å²) in [7, 11) is 0. The summed E-state index contributed by atoms with van der Waals surface area (Å²) in [5.41, 5.74) is 5.58. The highest BCUT2D eigenvalue weighted by Crippen LogP contribution is 2.18. The van der Waals surface area contributed by atoms with Crippen molar-refractivity contribution < 1.29 is 4.74 Å². The van der Waals surface area contributed by atoms with Crippen LogP contribution < -0.4 is 15.4 Å². The lowest BCUT2D eigenvalue weighted by Crippen LogP contribution is -2.49. The van der Waals surface area contributed by atoms with E-state index in [4.69, 9.17) is 10.5 Å². The van der Waals surface area contributed by atoms with Crippen molar-refractivity contribution in [2.24, 2.45) is 0 Å². The van der Waals surface area contributed by atoms with Crippen molar-refractivity contribution in [1.29, 1.82) is 0 Å². The van der Waals surface area contributed by atoms with Crippen molar-refractivity contribution in [3.8, 4) is 5.75 Å². The van der Waals surface area contributed by atoms with E-state index in [2.05, 4.69) is 47.8 Å². The van der Waals surface area contributed by atoms with Crippen LogP contribution in [0.3, 0.4) is 0 Å². The molecule has 1 fully saturated rings. The van der Waals surface area contributed by atoms with E-state index in [1.165, 1.54) is 0 Å². The highest BCUT2D eigenvalue weighted by atomic mass is 79.9. The predicted molar refractivity (Wildman–Crippen MR) is 93.7 cm³/mol. The van der Waals surface area contributed by atoms with Crippen LogP contribution in [0.5, 0.6) is 5.75 Å². The van der Waals surface area contributed by atoms with E-state index in [9.17, 15) is 0 Å². The smallest absolute Gasteiger partial charge is 0.246 e. The first-order valence-corrected chi connectivity index (χ1v) is 8.47. The SMILES string of the molecule is C[C@@H](CN1CCN(c2n[nH]c(N)n2)CC1)Oc1ccc(Br)cc1. The topological polar surface area (TPSA) is 83.3 Å². The minimum atomic E-state index is 0.141. The van der Waals surface area contributed by atoms with Gasteiger partial charge in [-0.2, -0.15) is 4.98 Å². The third kappa shape index (κ3) is 4.35. The lowest BCUT2D eigenvalue weighted by Gasteiger charge is -2.35. The minimum Gasteiger partial charge on any atom is -0.489 e. The Bertz CT molecular complexity index is 623. The lowest BCUT2D eigenvalue weighted by molar-refractivity contribution is 0.140. The summed E-state index contributed by atoms with van der Waals surface area (Å²) in [6.07, 6.45) is 0.141. The van der Waals surface area contributed by atoms with Gasteiger partial charge in [-0.15, -0.1) is 5.10 Å². The van der Waals surface area contributed by atoms with Crippen molar-refractivity contribution in [2.45, 2.75) is 13.0 Å². The molecule has 3 N–H and O–H groups in total. The van der Waals surface area contributed by atoms with Gasteiger partial charge in [0.2, 0.25) is 11.9 Å². The average molecular weight is 381 g/mol. The van der Waals surface area contributed by atoms with Gasteiger partial charge in [-0.05, 0) is 31.2 Å². The maximum absolute atomic E-state index is 5.96. The summed E-state index contributed by atoms with van der Waals surface area (Å²) < 4.78 is 7.02. The molecule has 1 aliphatic rings. The third-order valence-corrected chi connectivity index (χ3v) is 4.34. The molecule has 1 aliphatic heterocycles. The molecular weight excluding hydrogens is 360 g/mol. The molecule has 0 radical (unpaired) electrons. The second-order valence-electron chi connectivity index (χ2n) is 5.69. The number of benzene rings is 1. The lowest BCUT2D eigenvalue weighted by atomic mass is 10.2. The normalized spacial score (nSPS) is 17.2. The quantitative estimate of drug-likeness (QED) is 0.821. The van der Waals surface area contributed by atoms with Crippen molar-refractivity contribution in [3.63, 3.8) is 0 Å². The zero-order valence-corrected chi connectivity index (χ0v) is 14.7. The fourth-order valence-electron chi connectivity index (χ4n) is 2.68. The van der Waals surface area contributed by atoms with E-state index in [1.54, 1.807) is 0 Å². The number of rotatable bonds is 5. The summed E-state index contributed by atoms with van der Waals surface area (Å²) >= 11 is 3.43. The molecule has 8 heteroatoms. The summed E-state index contributed by atoms with van der Waals surface area (Å²) in [6.45, 7) is 6.71. The number of anilines is 2. The van der Waals surface area contributed by atoms with Crippen molar-refractivity contribution in [3.05, 3.63) is 28.7 Å². The van der Waals surface area contributed by atoms with Gasteiger partial charge in [-0.25, -0.2) is 5.10 Å². The molecule has 7 nitrogen and oxygen atoms in total. The Balaban J connectivity index is 1.45. The van der Waals surface area contributed by atoms with Crippen LogP contribution in [-0.4, -0.2) is 58.9 Å². The molecule has 23 heavy (non-hydrogen) atoms. The van der Waals surface area contributed by atoms with Gasteiger partial charge in [0, 0.05) is 37.2 Å².